The van der Waals surface area contributed by atoms with Crippen molar-refractivity contribution in [3.05, 3.63) is 23.8 Å². The first-order chi connectivity index (χ1) is 7.00. The van der Waals surface area contributed by atoms with E-state index < -0.39 is 12.5 Å². The van der Waals surface area contributed by atoms with E-state index in [9.17, 15) is 8.78 Å². The summed E-state index contributed by atoms with van der Waals surface area (Å²) in [5, 5.41) is 11.6. The first kappa shape index (κ1) is 11.7. The zero-order chi connectivity index (χ0) is 11.4. The van der Waals surface area contributed by atoms with Crippen molar-refractivity contribution in [3.63, 3.8) is 0 Å². The van der Waals surface area contributed by atoms with E-state index in [1.165, 1.54) is 0 Å². The molecule has 1 atom stereocenters. The molecule has 0 aliphatic rings. The summed E-state index contributed by atoms with van der Waals surface area (Å²) in [6, 6.07) is 5.25. The highest BCUT2D eigenvalue weighted by atomic mass is 19.3. The Labute approximate surface area is 86.9 Å². The summed E-state index contributed by atoms with van der Waals surface area (Å²) < 4.78 is 24.0. The number of aryl methyl sites for hydroxylation is 1. The van der Waals surface area contributed by atoms with Crippen LogP contribution in [0.2, 0.25) is 0 Å². The normalized spacial score (nSPS) is 12.9. The summed E-state index contributed by atoms with van der Waals surface area (Å²) in [5.74, 6) is 0. The molecular weight excluding hydrogens is 202 g/mol. The fourth-order valence-electron chi connectivity index (χ4n) is 1.13. The van der Waals surface area contributed by atoms with Crippen LogP contribution in [0.15, 0.2) is 18.2 Å². The Morgan fingerprint density at radius 3 is 2.73 bits per heavy atom. The number of aliphatic hydroxyl groups is 1. The number of hydrogen-bond acceptors (Lipinski definition) is 3. The van der Waals surface area contributed by atoms with E-state index in [0.717, 1.165) is 5.56 Å². The zero-order valence-corrected chi connectivity index (χ0v) is 8.37. The topological polar surface area (TPSA) is 58.3 Å². The summed E-state index contributed by atoms with van der Waals surface area (Å²) in [6.07, 6.45) is -4.42. The Balaban J connectivity index is 2.61. The maximum atomic E-state index is 12.0. The molecule has 0 amide bonds. The van der Waals surface area contributed by atoms with Crippen LogP contribution in [0.3, 0.4) is 0 Å². The number of nitrogens with two attached hydrogens (primary N) is 1. The van der Waals surface area contributed by atoms with Gasteiger partial charge in [-0.05, 0) is 24.6 Å². The molecule has 0 heterocycles. The highest BCUT2D eigenvalue weighted by molar-refractivity contribution is 5.66. The van der Waals surface area contributed by atoms with Gasteiger partial charge in [0.05, 0.1) is 11.4 Å². The average Bonchev–Trinajstić information content (AvgIpc) is 2.18. The van der Waals surface area contributed by atoms with Crippen LogP contribution in [0.4, 0.5) is 20.2 Å². The van der Waals surface area contributed by atoms with Gasteiger partial charge in [0, 0.05) is 6.54 Å². The van der Waals surface area contributed by atoms with E-state index in [1.807, 2.05) is 13.0 Å². The van der Waals surface area contributed by atoms with Crippen molar-refractivity contribution in [2.45, 2.75) is 19.5 Å². The Bertz CT molecular complexity index is 331. The van der Waals surface area contributed by atoms with Crippen molar-refractivity contribution in [2.75, 3.05) is 17.6 Å². The van der Waals surface area contributed by atoms with E-state index in [1.54, 1.807) is 12.1 Å². The van der Waals surface area contributed by atoms with Gasteiger partial charge >= 0.3 is 0 Å². The lowest BCUT2D eigenvalue weighted by atomic mass is 10.2. The lowest BCUT2D eigenvalue weighted by Gasteiger charge is -2.13. The van der Waals surface area contributed by atoms with Crippen LogP contribution >= 0.6 is 0 Å². The van der Waals surface area contributed by atoms with E-state index in [2.05, 4.69) is 5.32 Å². The highest BCUT2D eigenvalue weighted by Crippen LogP contribution is 2.19. The van der Waals surface area contributed by atoms with E-state index >= 15 is 0 Å². The van der Waals surface area contributed by atoms with Gasteiger partial charge in [0.15, 0.2) is 0 Å². The van der Waals surface area contributed by atoms with Crippen molar-refractivity contribution in [1.29, 1.82) is 0 Å². The van der Waals surface area contributed by atoms with Gasteiger partial charge in [0.1, 0.15) is 6.10 Å². The van der Waals surface area contributed by atoms with E-state index in [-0.39, 0.29) is 6.54 Å². The van der Waals surface area contributed by atoms with Crippen molar-refractivity contribution in [2.24, 2.45) is 0 Å². The van der Waals surface area contributed by atoms with Crippen LogP contribution in [-0.4, -0.2) is 24.2 Å². The number of nitrogen functional groups attached to an aromatic ring is 1. The lowest BCUT2D eigenvalue weighted by Crippen LogP contribution is -2.27. The third-order valence-electron chi connectivity index (χ3n) is 2.00. The maximum Gasteiger partial charge on any atom is 0.265 e. The fraction of sp³-hybridized carbons (Fsp3) is 0.400. The molecule has 1 unspecified atom stereocenters. The Kier molecular flexibility index (Phi) is 3.85. The van der Waals surface area contributed by atoms with Crippen LogP contribution in [0, 0.1) is 6.92 Å². The van der Waals surface area contributed by atoms with E-state index in [0.29, 0.717) is 11.4 Å². The van der Waals surface area contributed by atoms with Crippen molar-refractivity contribution in [1.82, 2.24) is 0 Å². The monoisotopic (exact) mass is 216 g/mol. The maximum absolute atomic E-state index is 12.0. The first-order valence-electron chi connectivity index (χ1n) is 4.57. The summed E-state index contributed by atoms with van der Waals surface area (Å²) in [7, 11) is 0. The first-order valence-corrected chi connectivity index (χ1v) is 4.57. The second kappa shape index (κ2) is 4.93. The molecule has 15 heavy (non-hydrogen) atoms. The van der Waals surface area contributed by atoms with E-state index in [4.69, 9.17) is 10.8 Å². The average molecular weight is 216 g/mol. The number of benzene rings is 1. The number of hydrogen-bond donors (Lipinski definition) is 3. The predicted molar refractivity (Wildman–Crippen MR) is 56.1 cm³/mol. The number of anilines is 2. The Hall–Kier alpha value is -1.36. The predicted octanol–water partition coefficient (Wildman–Crippen LogP) is 1.62. The molecule has 0 saturated carbocycles. The van der Waals surface area contributed by atoms with Gasteiger partial charge in [-0.25, -0.2) is 8.78 Å². The van der Waals surface area contributed by atoms with Crippen LogP contribution in [0.25, 0.3) is 0 Å². The molecule has 0 aromatic heterocycles. The van der Waals surface area contributed by atoms with Crippen molar-refractivity contribution < 1.29 is 13.9 Å². The minimum atomic E-state index is -2.75. The van der Waals surface area contributed by atoms with Gasteiger partial charge in [-0.1, -0.05) is 6.07 Å². The largest absolute Gasteiger partial charge is 0.397 e. The highest BCUT2D eigenvalue weighted by Gasteiger charge is 2.16. The van der Waals surface area contributed by atoms with Gasteiger partial charge in [-0.15, -0.1) is 0 Å². The molecule has 4 N–H and O–H groups in total. The smallest absolute Gasteiger partial charge is 0.265 e. The minimum Gasteiger partial charge on any atom is -0.397 e. The van der Waals surface area contributed by atoms with Crippen LogP contribution in [-0.2, 0) is 0 Å². The Morgan fingerprint density at radius 2 is 2.13 bits per heavy atom. The molecule has 84 valence electrons. The number of rotatable bonds is 4. The van der Waals surface area contributed by atoms with Crippen molar-refractivity contribution in [3.8, 4) is 0 Å². The molecule has 0 bridgehead atoms. The summed E-state index contributed by atoms with van der Waals surface area (Å²) in [6.45, 7) is 1.65. The Morgan fingerprint density at radius 1 is 1.47 bits per heavy atom. The third-order valence-corrected chi connectivity index (χ3v) is 2.00. The van der Waals surface area contributed by atoms with Gasteiger partial charge in [-0.3, -0.25) is 0 Å². The van der Waals surface area contributed by atoms with Gasteiger partial charge < -0.3 is 16.2 Å². The molecule has 3 nitrogen and oxygen atoms in total. The van der Waals surface area contributed by atoms with Crippen LogP contribution < -0.4 is 11.1 Å². The molecule has 1 aromatic carbocycles. The molecule has 0 saturated heterocycles. The molecule has 0 aliphatic carbocycles. The molecule has 0 radical (unpaired) electrons. The SMILES string of the molecule is Cc1ccc(N)c(NCC(O)C(F)F)c1. The van der Waals surface area contributed by atoms with Gasteiger partial charge in [0.2, 0.25) is 0 Å². The second-order valence-corrected chi connectivity index (χ2v) is 3.37. The van der Waals surface area contributed by atoms with Gasteiger partial charge in [0.25, 0.3) is 6.43 Å². The quantitative estimate of drug-likeness (QED) is 0.670. The third kappa shape index (κ3) is 3.36. The molecule has 0 aliphatic heterocycles. The molecule has 0 fully saturated rings. The van der Waals surface area contributed by atoms with Crippen molar-refractivity contribution >= 4 is 11.4 Å². The molecule has 0 spiro atoms. The number of aliphatic hydroxyl groups excluding tert-OH is 1. The number of alkyl halides is 2. The second-order valence-electron chi connectivity index (χ2n) is 3.37. The number of nitrogens with one attached hydrogen (secondary N) is 1. The molecule has 1 aromatic rings. The molecule has 1 rings (SSSR count). The zero-order valence-electron chi connectivity index (χ0n) is 8.37. The van der Waals surface area contributed by atoms with Crippen LogP contribution in [0.5, 0.6) is 0 Å². The lowest BCUT2D eigenvalue weighted by molar-refractivity contribution is 0.00385. The number of halogens is 2. The summed E-state index contributed by atoms with van der Waals surface area (Å²) in [5.41, 5.74) is 7.63. The molecule has 5 heteroatoms. The summed E-state index contributed by atoms with van der Waals surface area (Å²) in [4.78, 5) is 0. The van der Waals surface area contributed by atoms with Crippen LogP contribution in [0.1, 0.15) is 5.56 Å². The minimum absolute atomic E-state index is 0.217. The summed E-state index contributed by atoms with van der Waals surface area (Å²) >= 11 is 0. The molecular formula is C10H14F2N2O. The van der Waals surface area contributed by atoms with Gasteiger partial charge in [-0.2, -0.15) is 0 Å². The standard InChI is InChI=1S/C10H14F2N2O/c1-6-2-3-7(13)8(4-6)14-5-9(15)10(11)12/h2-4,9-10,14-15H,5,13H2,1H3. The fourth-order valence-corrected chi connectivity index (χ4v) is 1.13.